The van der Waals surface area contributed by atoms with Crippen LogP contribution in [0.3, 0.4) is 0 Å². The van der Waals surface area contributed by atoms with E-state index < -0.39 is 21.8 Å². The minimum absolute atomic E-state index is 0.0688. The summed E-state index contributed by atoms with van der Waals surface area (Å²) in [6, 6.07) is 15.9. The fourth-order valence-electron chi connectivity index (χ4n) is 3.30. The van der Waals surface area contributed by atoms with Crippen molar-refractivity contribution in [3.05, 3.63) is 76.0 Å². The number of amides is 1. The molecule has 1 amide bonds. The number of hydrogen-bond acceptors (Lipinski definition) is 7. The number of aromatic nitrogens is 2. The van der Waals surface area contributed by atoms with Crippen LogP contribution in [0.2, 0.25) is 0 Å². The molecular formula is C22H21N3O3S3. The first-order chi connectivity index (χ1) is 14.8. The van der Waals surface area contributed by atoms with Gasteiger partial charge in [-0.25, -0.2) is 13.1 Å². The molecule has 0 fully saturated rings. The molecule has 9 heteroatoms. The summed E-state index contributed by atoms with van der Waals surface area (Å²) in [5, 5.41) is 1.94. The molecular weight excluding hydrogens is 450 g/mol. The second-order valence-corrected chi connectivity index (χ2v) is 10.8. The first kappa shape index (κ1) is 21.6. The Kier molecular flexibility index (Phi) is 6.17. The third-order valence-electron chi connectivity index (χ3n) is 5.07. The number of thiophene rings is 1. The van der Waals surface area contributed by atoms with E-state index in [1.165, 1.54) is 23.5 Å². The van der Waals surface area contributed by atoms with Gasteiger partial charge in [-0.3, -0.25) is 4.79 Å². The van der Waals surface area contributed by atoms with Crippen molar-refractivity contribution in [1.29, 1.82) is 0 Å². The van der Waals surface area contributed by atoms with E-state index >= 15 is 0 Å². The molecule has 1 N–H and O–H groups in total. The van der Waals surface area contributed by atoms with Crippen LogP contribution in [0.4, 0.5) is 0 Å². The Morgan fingerprint density at radius 2 is 1.71 bits per heavy atom. The third-order valence-corrected chi connectivity index (χ3v) is 7.89. The average Bonchev–Trinajstić information content (AvgIpc) is 3.42. The van der Waals surface area contributed by atoms with Crippen LogP contribution in [0, 0.1) is 0 Å². The summed E-state index contributed by atoms with van der Waals surface area (Å²) in [6.07, 6.45) is 0.397. The Labute approximate surface area is 189 Å². The van der Waals surface area contributed by atoms with Crippen LogP contribution in [0.1, 0.15) is 41.7 Å². The van der Waals surface area contributed by atoms with E-state index in [0.29, 0.717) is 17.5 Å². The molecule has 0 aliphatic heterocycles. The quantitative estimate of drug-likeness (QED) is 0.422. The zero-order valence-electron chi connectivity index (χ0n) is 17.0. The maximum atomic E-state index is 13.2. The van der Waals surface area contributed by atoms with Gasteiger partial charge < -0.3 is 0 Å². The highest BCUT2D eigenvalue weighted by Gasteiger charge is 2.27. The van der Waals surface area contributed by atoms with Gasteiger partial charge in [0, 0.05) is 4.88 Å². The largest absolute Gasteiger partial charge is 0.273 e. The van der Waals surface area contributed by atoms with Crippen molar-refractivity contribution in [3.8, 4) is 0 Å². The molecule has 4 aromatic rings. The maximum Gasteiger partial charge on any atom is 0.264 e. The normalized spacial score (nSPS) is 12.9. The van der Waals surface area contributed by atoms with Crippen molar-refractivity contribution < 1.29 is 13.2 Å². The lowest BCUT2D eigenvalue weighted by Crippen LogP contribution is -2.35. The lowest BCUT2D eigenvalue weighted by molar-refractivity contribution is -0.120. The summed E-state index contributed by atoms with van der Waals surface area (Å²) in [4.78, 5) is 14.3. The van der Waals surface area contributed by atoms with Crippen molar-refractivity contribution in [2.45, 2.75) is 37.0 Å². The second-order valence-electron chi connectivity index (χ2n) is 7.54. The molecule has 1 unspecified atom stereocenters. The number of rotatable bonds is 7. The average molecular weight is 472 g/mol. The molecule has 0 saturated carbocycles. The molecule has 2 heterocycles. The molecule has 1 atom stereocenters. The van der Waals surface area contributed by atoms with Crippen LogP contribution < -0.4 is 4.72 Å². The predicted octanol–water partition coefficient (Wildman–Crippen LogP) is 4.71. The predicted molar refractivity (Wildman–Crippen MR) is 124 cm³/mol. The van der Waals surface area contributed by atoms with E-state index in [0.717, 1.165) is 27.7 Å². The fourth-order valence-corrected chi connectivity index (χ4v) is 5.59. The molecule has 2 aromatic carbocycles. The van der Waals surface area contributed by atoms with Gasteiger partial charge in [0.2, 0.25) is 5.91 Å². The van der Waals surface area contributed by atoms with Crippen LogP contribution in [0.5, 0.6) is 0 Å². The monoisotopic (exact) mass is 471 g/mol. The van der Waals surface area contributed by atoms with Gasteiger partial charge in [-0.2, -0.15) is 8.75 Å². The van der Waals surface area contributed by atoms with Crippen LogP contribution in [-0.4, -0.2) is 23.1 Å². The van der Waals surface area contributed by atoms with Crippen LogP contribution in [0.15, 0.2) is 64.9 Å². The first-order valence-corrected chi connectivity index (χ1v) is 12.8. The van der Waals surface area contributed by atoms with Crippen molar-refractivity contribution in [2.24, 2.45) is 0 Å². The van der Waals surface area contributed by atoms with Gasteiger partial charge in [-0.15, -0.1) is 11.3 Å². The Bertz CT molecular complexity index is 1290. The molecule has 0 bridgehead atoms. The van der Waals surface area contributed by atoms with E-state index in [2.05, 4.69) is 13.5 Å². The number of fused-ring (bicyclic) bond motifs is 1. The Morgan fingerprint density at radius 3 is 2.39 bits per heavy atom. The molecule has 31 heavy (non-hydrogen) atoms. The van der Waals surface area contributed by atoms with E-state index in [9.17, 15) is 13.2 Å². The van der Waals surface area contributed by atoms with E-state index in [1.807, 2.05) is 43.5 Å². The fraction of sp³-hybridized carbons (Fsp3) is 0.227. The van der Waals surface area contributed by atoms with E-state index in [1.54, 1.807) is 18.2 Å². The molecule has 0 saturated heterocycles. The molecule has 0 aliphatic rings. The van der Waals surface area contributed by atoms with Gasteiger partial charge in [-0.1, -0.05) is 38.1 Å². The number of carbonyl (C=O) groups is 1. The first-order valence-electron chi connectivity index (χ1n) is 9.75. The zero-order chi connectivity index (χ0) is 22.0. The van der Waals surface area contributed by atoms with Gasteiger partial charge in [0.15, 0.2) is 0 Å². The minimum atomic E-state index is -3.99. The van der Waals surface area contributed by atoms with Gasteiger partial charge in [0.25, 0.3) is 10.0 Å². The number of benzene rings is 2. The molecule has 4 rings (SSSR count). The smallest absolute Gasteiger partial charge is 0.264 e. The highest BCUT2D eigenvalue weighted by molar-refractivity contribution is 7.90. The van der Waals surface area contributed by atoms with Crippen molar-refractivity contribution in [3.63, 3.8) is 0 Å². The van der Waals surface area contributed by atoms with Gasteiger partial charge in [0.05, 0.1) is 22.5 Å². The lowest BCUT2D eigenvalue weighted by Gasteiger charge is -2.17. The Hall–Kier alpha value is -2.62. The van der Waals surface area contributed by atoms with Gasteiger partial charge >= 0.3 is 0 Å². The molecule has 2 aromatic heterocycles. The second kappa shape index (κ2) is 8.86. The van der Waals surface area contributed by atoms with Crippen LogP contribution in [-0.2, 0) is 21.2 Å². The molecule has 0 aliphatic carbocycles. The molecule has 0 radical (unpaired) electrons. The van der Waals surface area contributed by atoms with Gasteiger partial charge in [-0.05, 0) is 59.2 Å². The topological polar surface area (TPSA) is 89.0 Å². The number of sulfonamides is 1. The van der Waals surface area contributed by atoms with E-state index in [4.69, 9.17) is 0 Å². The van der Waals surface area contributed by atoms with Crippen molar-refractivity contribution in [2.75, 3.05) is 0 Å². The summed E-state index contributed by atoms with van der Waals surface area (Å²) in [5.41, 5.74) is 3.18. The van der Waals surface area contributed by atoms with Crippen molar-refractivity contribution >= 4 is 50.0 Å². The highest BCUT2D eigenvalue weighted by Crippen LogP contribution is 2.27. The zero-order valence-corrected chi connectivity index (χ0v) is 19.4. The lowest BCUT2D eigenvalue weighted by atomic mass is 9.94. The SMILES string of the molecule is CC(C)c1ccc(S(=O)(=O)NC(=O)C(Cc2cccs2)c2ccc3nsnc3c2)cc1. The summed E-state index contributed by atoms with van der Waals surface area (Å²) in [5.74, 6) is -0.949. The maximum absolute atomic E-state index is 13.2. The van der Waals surface area contributed by atoms with E-state index in [-0.39, 0.29) is 10.8 Å². The molecule has 6 nitrogen and oxygen atoms in total. The number of carbonyl (C=O) groups excluding carboxylic acids is 1. The summed E-state index contributed by atoms with van der Waals surface area (Å²) in [6.45, 7) is 4.07. The summed E-state index contributed by atoms with van der Waals surface area (Å²) < 4.78 is 36.5. The Balaban J connectivity index is 1.63. The number of hydrogen-bond donors (Lipinski definition) is 1. The molecule has 160 valence electrons. The van der Waals surface area contributed by atoms with Crippen molar-refractivity contribution in [1.82, 2.24) is 13.5 Å². The van der Waals surface area contributed by atoms with Gasteiger partial charge in [0.1, 0.15) is 11.0 Å². The number of nitrogens with one attached hydrogen (secondary N) is 1. The molecule has 0 spiro atoms. The standard InChI is InChI=1S/C22H21N3O3S3/c1-14(2)15-5-8-18(9-6-15)31(27,28)25-22(26)19(13-17-4-3-11-29-17)16-7-10-20-21(12-16)24-30-23-20/h3-12,14,19H,13H2,1-2H3,(H,25,26). The summed E-state index contributed by atoms with van der Waals surface area (Å²) in [7, 11) is -3.99. The number of nitrogens with zero attached hydrogens (tertiary/aromatic N) is 2. The summed E-state index contributed by atoms with van der Waals surface area (Å²) >= 11 is 2.63. The minimum Gasteiger partial charge on any atom is -0.273 e. The van der Waals surface area contributed by atoms with Crippen LogP contribution in [0.25, 0.3) is 11.0 Å². The van der Waals surface area contributed by atoms with Crippen LogP contribution >= 0.6 is 23.1 Å². The highest BCUT2D eigenvalue weighted by atomic mass is 32.2. The Morgan fingerprint density at radius 1 is 1.00 bits per heavy atom. The third kappa shape index (κ3) is 4.84.